The molecule has 154 valence electrons. The van der Waals surface area contributed by atoms with Crippen LogP contribution < -0.4 is 5.32 Å². The van der Waals surface area contributed by atoms with E-state index in [1.807, 2.05) is 11.0 Å². The fourth-order valence-electron chi connectivity index (χ4n) is 3.52. The highest BCUT2D eigenvalue weighted by Crippen LogP contribution is 2.26. The lowest BCUT2D eigenvalue weighted by Crippen LogP contribution is -2.41. The van der Waals surface area contributed by atoms with E-state index in [1.54, 1.807) is 6.07 Å². The minimum Gasteiger partial charge on any atom is -0.340 e. The molecule has 3 heterocycles. The van der Waals surface area contributed by atoms with E-state index in [0.717, 1.165) is 18.5 Å². The van der Waals surface area contributed by atoms with Crippen molar-refractivity contribution in [2.45, 2.75) is 25.3 Å². The quantitative estimate of drug-likeness (QED) is 0.700. The zero-order chi connectivity index (χ0) is 20.9. The summed E-state index contributed by atoms with van der Waals surface area (Å²) in [6.45, 7) is 1.46. The minimum absolute atomic E-state index is 0.000459. The molecule has 1 unspecified atom stereocenters. The molecule has 1 N–H and O–H groups in total. The van der Waals surface area contributed by atoms with Gasteiger partial charge >= 0.3 is 0 Å². The Hall–Kier alpha value is -3.62. The van der Waals surface area contributed by atoms with Gasteiger partial charge in [0, 0.05) is 36.6 Å². The molecular weight excluding hydrogens is 387 g/mol. The fraction of sp³-hybridized carbons (Fsp3) is 0.286. The lowest BCUT2D eigenvalue weighted by atomic mass is 9.94. The molecule has 0 saturated carbocycles. The first kappa shape index (κ1) is 19.7. The maximum absolute atomic E-state index is 13.0. The molecule has 1 aliphatic rings. The number of nitrogens with zero attached hydrogens (tertiary/aromatic N) is 5. The van der Waals surface area contributed by atoms with Gasteiger partial charge in [0.1, 0.15) is 25.0 Å². The molecule has 0 aliphatic carbocycles. The van der Waals surface area contributed by atoms with Gasteiger partial charge in [0.25, 0.3) is 5.91 Å². The molecule has 2 aromatic heterocycles. The minimum atomic E-state index is -0.361. The Balaban J connectivity index is 1.37. The average molecular weight is 408 g/mol. The van der Waals surface area contributed by atoms with E-state index in [9.17, 15) is 14.0 Å². The summed E-state index contributed by atoms with van der Waals surface area (Å²) >= 11 is 0. The number of pyridine rings is 1. The third-order valence-corrected chi connectivity index (χ3v) is 5.11. The Morgan fingerprint density at radius 2 is 2.00 bits per heavy atom. The van der Waals surface area contributed by atoms with Gasteiger partial charge < -0.3 is 10.2 Å². The smallest absolute Gasteiger partial charge is 0.257 e. The van der Waals surface area contributed by atoms with Crippen molar-refractivity contribution < 1.29 is 14.0 Å². The zero-order valence-electron chi connectivity index (χ0n) is 16.2. The van der Waals surface area contributed by atoms with E-state index in [4.69, 9.17) is 0 Å². The summed E-state index contributed by atoms with van der Waals surface area (Å²) in [6.07, 6.45) is 6.29. The molecule has 0 bridgehead atoms. The summed E-state index contributed by atoms with van der Waals surface area (Å²) in [7, 11) is 0. The van der Waals surface area contributed by atoms with Crippen LogP contribution in [0, 0.1) is 5.82 Å². The van der Waals surface area contributed by atoms with Crippen LogP contribution in [0.5, 0.6) is 0 Å². The fourth-order valence-corrected chi connectivity index (χ4v) is 3.52. The molecule has 9 heteroatoms. The van der Waals surface area contributed by atoms with Crippen molar-refractivity contribution in [2.75, 3.05) is 18.4 Å². The van der Waals surface area contributed by atoms with Crippen molar-refractivity contribution >= 4 is 17.5 Å². The monoisotopic (exact) mass is 408 g/mol. The molecule has 1 atom stereocenters. The molecule has 0 spiro atoms. The summed E-state index contributed by atoms with van der Waals surface area (Å²) in [6, 6.07) is 9.13. The predicted octanol–water partition coefficient (Wildman–Crippen LogP) is 2.47. The summed E-state index contributed by atoms with van der Waals surface area (Å²) in [5, 5.41) is 6.69. The van der Waals surface area contributed by atoms with Crippen LogP contribution in [-0.2, 0) is 11.3 Å². The number of carbonyl (C=O) groups excluding carboxylic acids is 2. The number of hydrogen-bond donors (Lipinski definition) is 1. The Morgan fingerprint density at radius 1 is 1.17 bits per heavy atom. The predicted molar refractivity (Wildman–Crippen MR) is 107 cm³/mol. The molecule has 3 aromatic rings. The van der Waals surface area contributed by atoms with Gasteiger partial charge in [0.15, 0.2) is 0 Å². The molecule has 1 fully saturated rings. The standard InChI is InChI=1S/C21H21FN6O2/c22-17-4-6-18(7-5-17)26-21(30)15-3-8-19(24-10-15)16-2-1-9-27(11-16)20(29)12-28-14-23-13-25-28/h3-8,10,13-14,16H,1-2,9,11-12H2,(H,26,30). The lowest BCUT2D eigenvalue weighted by molar-refractivity contribution is -0.133. The summed E-state index contributed by atoms with van der Waals surface area (Å²) in [5.41, 5.74) is 1.78. The molecule has 4 rings (SSSR count). The SMILES string of the molecule is O=C(Nc1ccc(F)cc1)c1ccc(C2CCCN(C(=O)Cn3cncn3)C2)nc1. The van der Waals surface area contributed by atoms with Crippen molar-refractivity contribution in [3.63, 3.8) is 0 Å². The first-order valence-electron chi connectivity index (χ1n) is 9.71. The second-order valence-corrected chi connectivity index (χ2v) is 7.20. The van der Waals surface area contributed by atoms with Gasteiger partial charge in [-0.05, 0) is 49.2 Å². The van der Waals surface area contributed by atoms with Crippen molar-refractivity contribution in [2.24, 2.45) is 0 Å². The molecule has 1 aromatic carbocycles. The molecular formula is C21H21FN6O2. The molecule has 2 amide bonds. The largest absolute Gasteiger partial charge is 0.340 e. The topological polar surface area (TPSA) is 93.0 Å². The highest BCUT2D eigenvalue weighted by atomic mass is 19.1. The maximum atomic E-state index is 13.0. The second kappa shape index (κ2) is 8.81. The van der Waals surface area contributed by atoms with Crippen molar-refractivity contribution in [1.29, 1.82) is 0 Å². The van der Waals surface area contributed by atoms with Crippen LogP contribution in [0.3, 0.4) is 0 Å². The van der Waals surface area contributed by atoms with Crippen molar-refractivity contribution in [3.05, 3.63) is 72.3 Å². The number of carbonyl (C=O) groups is 2. The number of anilines is 1. The molecule has 8 nitrogen and oxygen atoms in total. The van der Waals surface area contributed by atoms with Crippen LogP contribution in [0.1, 0.15) is 34.8 Å². The number of hydrogen-bond acceptors (Lipinski definition) is 5. The van der Waals surface area contributed by atoms with Crippen molar-refractivity contribution in [1.82, 2.24) is 24.6 Å². The van der Waals surface area contributed by atoms with Gasteiger partial charge in [-0.15, -0.1) is 0 Å². The number of amides is 2. The van der Waals surface area contributed by atoms with Gasteiger partial charge in [0.05, 0.1) is 5.56 Å². The van der Waals surface area contributed by atoms with E-state index in [-0.39, 0.29) is 30.1 Å². The van der Waals surface area contributed by atoms with Gasteiger partial charge in [-0.1, -0.05) is 0 Å². The second-order valence-electron chi connectivity index (χ2n) is 7.20. The molecule has 30 heavy (non-hydrogen) atoms. The summed E-state index contributed by atoms with van der Waals surface area (Å²) in [4.78, 5) is 35.0. The van der Waals surface area contributed by atoms with Crippen LogP contribution in [0.25, 0.3) is 0 Å². The van der Waals surface area contributed by atoms with Crippen LogP contribution in [0.2, 0.25) is 0 Å². The van der Waals surface area contributed by atoms with E-state index >= 15 is 0 Å². The molecule has 0 radical (unpaired) electrons. The number of benzene rings is 1. The Morgan fingerprint density at radius 3 is 2.70 bits per heavy atom. The average Bonchev–Trinajstić information content (AvgIpc) is 3.28. The van der Waals surface area contributed by atoms with Crippen LogP contribution in [0.4, 0.5) is 10.1 Å². The summed E-state index contributed by atoms with van der Waals surface area (Å²) < 4.78 is 14.5. The number of rotatable bonds is 5. The van der Waals surface area contributed by atoms with Gasteiger partial charge in [0.2, 0.25) is 5.91 Å². The Bertz CT molecular complexity index is 1000. The van der Waals surface area contributed by atoms with Gasteiger partial charge in [-0.2, -0.15) is 5.10 Å². The van der Waals surface area contributed by atoms with E-state index in [2.05, 4.69) is 20.4 Å². The number of aromatic nitrogens is 4. The Labute approximate surface area is 172 Å². The number of nitrogens with one attached hydrogen (secondary N) is 1. The lowest BCUT2D eigenvalue weighted by Gasteiger charge is -2.32. The molecule has 1 aliphatic heterocycles. The number of likely N-dealkylation sites (tertiary alicyclic amines) is 1. The number of piperidine rings is 1. The molecule has 1 saturated heterocycles. The Kier molecular flexibility index (Phi) is 5.78. The van der Waals surface area contributed by atoms with Crippen LogP contribution in [0.15, 0.2) is 55.2 Å². The van der Waals surface area contributed by atoms with E-state index in [1.165, 1.54) is 47.8 Å². The number of halogens is 1. The van der Waals surface area contributed by atoms with Crippen molar-refractivity contribution in [3.8, 4) is 0 Å². The normalized spacial score (nSPS) is 16.3. The van der Waals surface area contributed by atoms with Gasteiger partial charge in [-0.25, -0.2) is 14.1 Å². The van der Waals surface area contributed by atoms with Gasteiger partial charge in [-0.3, -0.25) is 14.6 Å². The first-order chi connectivity index (χ1) is 14.6. The summed E-state index contributed by atoms with van der Waals surface area (Å²) in [5.74, 6) is -0.553. The third-order valence-electron chi connectivity index (χ3n) is 5.11. The zero-order valence-corrected chi connectivity index (χ0v) is 16.2. The highest BCUT2D eigenvalue weighted by Gasteiger charge is 2.26. The van der Waals surface area contributed by atoms with Crippen LogP contribution >= 0.6 is 0 Å². The maximum Gasteiger partial charge on any atom is 0.257 e. The van der Waals surface area contributed by atoms with E-state index in [0.29, 0.717) is 24.3 Å². The first-order valence-corrected chi connectivity index (χ1v) is 9.71. The van der Waals surface area contributed by atoms with Crippen LogP contribution in [-0.4, -0.2) is 49.6 Å². The van der Waals surface area contributed by atoms with E-state index < -0.39 is 0 Å². The third kappa shape index (κ3) is 4.68. The highest BCUT2D eigenvalue weighted by molar-refractivity contribution is 6.04.